The van der Waals surface area contributed by atoms with E-state index in [1.807, 2.05) is 44.2 Å². The molecule has 2 aromatic carbocycles. The summed E-state index contributed by atoms with van der Waals surface area (Å²) in [6.07, 6.45) is 5.23. The summed E-state index contributed by atoms with van der Waals surface area (Å²) < 4.78 is 5.80. The van der Waals surface area contributed by atoms with E-state index in [0.717, 1.165) is 38.2 Å². The molecule has 1 aliphatic rings. The van der Waals surface area contributed by atoms with Gasteiger partial charge in [0.2, 0.25) is 5.91 Å². The van der Waals surface area contributed by atoms with Crippen molar-refractivity contribution in [3.05, 3.63) is 54.6 Å². The standard InChI is InChI=1S/C27H38N4O3/c1-3-16-27(17-4-2,25(32)28-18-21-31-19-8-9-20-31)30-26(33)29-22-12-14-24(15-13-22)34-23-10-6-5-7-11-23/h5-7,10-15H,3-4,8-9,16-21H2,1-2H3,(H,28,32)(H2,29,30,33). The molecule has 7 nitrogen and oxygen atoms in total. The molecular formula is C27H38N4O3. The number of nitrogens with one attached hydrogen (secondary N) is 3. The Labute approximate surface area is 203 Å². The maximum Gasteiger partial charge on any atom is 0.320 e. The van der Waals surface area contributed by atoms with E-state index in [0.29, 0.717) is 30.8 Å². The van der Waals surface area contributed by atoms with Crippen LogP contribution in [0.1, 0.15) is 52.4 Å². The molecule has 7 heteroatoms. The van der Waals surface area contributed by atoms with Gasteiger partial charge in [-0.05, 0) is 75.2 Å². The van der Waals surface area contributed by atoms with E-state index in [1.54, 1.807) is 24.3 Å². The van der Waals surface area contributed by atoms with Gasteiger partial charge in [-0.2, -0.15) is 0 Å². The SMILES string of the molecule is CCCC(CCC)(NC(=O)Nc1ccc(Oc2ccccc2)cc1)C(=O)NCCN1CCCC1. The number of hydrogen-bond acceptors (Lipinski definition) is 4. The molecule has 1 heterocycles. The summed E-state index contributed by atoms with van der Waals surface area (Å²) in [6, 6.07) is 16.3. The molecule has 0 spiro atoms. The number of para-hydroxylation sites is 1. The number of hydrogen-bond donors (Lipinski definition) is 3. The molecule has 0 radical (unpaired) electrons. The first-order valence-corrected chi connectivity index (χ1v) is 12.5. The number of ether oxygens (including phenoxy) is 1. The van der Waals surface area contributed by atoms with E-state index in [9.17, 15) is 9.59 Å². The molecule has 0 atom stereocenters. The Hall–Kier alpha value is -3.06. The number of amides is 3. The molecule has 2 aromatic rings. The van der Waals surface area contributed by atoms with Gasteiger partial charge in [0, 0.05) is 18.8 Å². The molecule has 3 rings (SSSR count). The van der Waals surface area contributed by atoms with Crippen molar-refractivity contribution in [1.82, 2.24) is 15.5 Å². The highest BCUT2D eigenvalue weighted by Crippen LogP contribution is 2.24. The molecule has 0 unspecified atom stereocenters. The third-order valence-electron chi connectivity index (χ3n) is 6.14. The zero-order valence-corrected chi connectivity index (χ0v) is 20.4. The van der Waals surface area contributed by atoms with Gasteiger partial charge in [-0.1, -0.05) is 44.9 Å². The van der Waals surface area contributed by atoms with E-state index < -0.39 is 5.54 Å². The van der Waals surface area contributed by atoms with Gasteiger partial charge in [0.25, 0.3) is 0 Å². The van der Waals surface area contributed by atoms with Crippen molar-refractivity contribution in [3.8, 4) is 11.5 Å². The normalized spacial score (nSPS) is 13.9. The zero-order chi connectivity index (χ0) is 24.2. The van der Waals surface area contributed by atoms with E-state index >= 15 is 0 Å². The molecule has 1 fully saturated rings. The monoisotopic (exact) mass is 466 g/mol. The quantitative estimate of drug-likeness (QED) is 0.404. The summed E-state index contributed by atoms with van der Waals surface area (Å²) in [4.78, 5) is 28.5. The van der Waals surface area contributed by atoms with Gasteiger partial charge in [-0.3, -0.25) is 4.79 Å². The Morgan fingerprint density at radius 1 is 0.912 bits per heavy atom. The third kappa shape index (κ3) is 7.48. The Kier molecular flexibility index (Phi) is 9.76. The lowest BCUT2D eigenvalue weighted by atomic mass is 9.87. The van der Waals surface area contributed by atoms with Gasteiger partial charge in [-0.15, -0.1) is 0 Å². The Balaban J connectivity index is 1.58. The molecule has 0 aromatic heterocycles. The lowest BCUT2D eigenvalue weighted by molar-refractivity contribution is -0.128. The summed E-state index contributed by atoms with van der Waals surface area (Å²) in [5.74, 6) is 1.33. The van der Waals surface area contributed by atoms with Gasteiger partial charge in [0.15, 0.2) is 0 Å². The summed E-state index contributed by atoms with van der Waals surface area (Å²) >= 11 is 0. The molecule has 34 heavy (non-hydrogen) atoms. The second-order valence-corrected chi connectivity index (χ2v) is 8.91. The van der Waals surface area contributed by atoms with Crippen molar-refractivity contribution in [2.24, 2.45) is 0 Å². The van der Waals surface area contributed by atoms with Crippen LogP contribution >= 0.6 is 0 Å². The maximum absolute atomic E-state index is 13.2. The van der Waals surface area contributed by atoms with Crippen LogP contribution in [-0.4, -0.2) is 48.6 Å². The zero-order valence-electron chi connectivity index (χ0n) is 20.4. The highest BCUT2D eigenvalue weighted by Gasteiger charge is 2.38. The van der Waals surface area contributed by atoms with Gasteiger partial charge in [0.1, 0.15) is 17.0 Å². The van der Waals surface area contributed by atoms with Crippen molar-refractivity contribution in [1.29, 1.82) is 0 Å². The van der Waals surface area contributed by atoms with E-state index in [2.05, 4.69) is 20.9 Å². The number of rotatable bonds is 12. The first-order valence-electron chi connectivity index (χ1n) is 12.5. The minimum Gasteiger partial charge on any atom is -0.457 e. The fourth-order valence-electron chi connectivity index (χ4n) is 4.50. The Morgan fingerprint density at radius 3 is 2.15 bits per heavy atom. The predicted molar refractivity (Wildman–Crippen MR) is 136 cm³/mol. The van der Waals surface area contributed by atoms with Crippen molar-refractivity contribution in [2.45, 2.75) is 57.9 Å². The highest BCUT2D eigenvalue weighted by molar-refractivity contribution is 5.96. The number of nitrogens with zero attached hydrogens (tertiary/aromatic N) is 1. The van der Waals surface area contributed by atoms with Crippen LogP contribution in [0, 0.1) is 0 Å². The lowest BCUT2D eigenvalue weighted by Gasteiger charge is -2.33. The molecule has 1 saturated heterocycles. The van der Waals surface area contributed by atoms with Crippen molar-refractivity contribution >= 4 is 17.6 Å². The Morgan fingerprint density at radius 2 is 1.53 bits per heavy atom. The number of likely N-dealkylation sites (tertiary alicyclic amines) is 1. The van der Waals surface area contributed by atoms with Crippen molar-refractivity contribution < 1.29 is 14.3 Å². The molecule has 184 valence electrons. The predicted octanol–water partition coefficient (Wildman–Crippen LogP) is 5.15. The second kappa shape index (κ2) is 13.0. The van der Waals surface area contributed by atoms with Crippen molar-refractivity contribution in [3.63, 3.8) is 0 Å². The van der Waals surface area contributed by atoms with Crippen LogP contribution in [0.15, 0.2) is 54.6 Å². The number of carbonyl (C=O) groups excluding carboxylic acids is 2. The molecule has 1 aliphatic heterocycles. The molecule has 0 aliphatic carbocycles. The van der Waals surface area contributed by atoms with Crippen LogP contribution in [0.2, 0.25) is 0 Å². The number of carbonyl (C=O) groups is 2. The van der Waals surface area contributed by atoms with Crippen LogP contribution in [0.5, 0.6) is 11.5 Å². The summed E-state index contributed by atoms with van der Waals surface area (Å²) in [5.41, 5.74) is -0.288. The van der Waals surface area contributed by atoms with E-state index in [1.165, 1.54) is 12.8 Å². The van der Waals surface area contributed by atoms with Gasteiger partial charge >= 0.3 is 6.03 Å². The number of urea groups is 1. The lowest BCUT2D eigenvalue weighted by Crippen LogP contribution is -2.60. The van der Waals surface area contributed by atoms with Crippen LogP contribution in [0.25, 0.3) is 0 Å². The minimum absolute atomic E-state index is 0.0999. The molecule has 3 amide bonds. The molecule has 3 N–H and O–H groups in total. The summed E-state index contributed by atoms with van der Waals surface area (Å²) in [5, 5.41) is 8.95. The fourth-order valence-corrected chi connectivity index (χ4v) is 4.50. The van der Waals surface area contributed by atoms with Crippen molar-refractivity contribution in [2.75, 3.05) is 31.5 Å². The van der Waals surface area contributed by atoms with E-state index in [-0.39, 0.29) is 11.9 Å². The maximum atomic E-state index is 13.2. The summed E-state index contributed by atoms with van der Waals surface area (Å²) in [6.45, 7) is 7.71. The Bertz CT molecular complexity index is 890. The molecule has 0 bridgehead atoms. The van der Waals surface area contributed by atoms with Gasteiger partial charge in [-0.25, -0.2) is 4.79 Å². The second-order valence-electron chi connectivity index (χ2n) is 8.91. The summed E-state index contributed by atoms with van der Waals surface area (Å²) in [7, 11) is 0. The first kappa shape index (κ1) is 25.6. The van der Waals surface area contributed by atoms with Crippen LogP contribution in [0.3, 0.4) is 0 Å². The largest absolute Gasteiger partial charge is 0.457 e. The topological polar surface area (TPSA) is 82.7 Å². The third-order valence-corrected chi connectivity index (χ3v) is 6.14. The van der Waals surface area contributed by atoms with Crippen LogP contribution < -0.4 is 20.7 Å². The van der Waals surface area contributed by atoms with E-state index in [4.69, 9.17) is 4.74 Å². The fraction of sp³-hybridized carbons (Fsp3) is 0.481. The number of benzene rings is 2. The minimum atomic E-state index is -0.922. The highest BCUT2D eigenvalue weighted by atomic mass is 16.5. The average Bonchev–Trinajstić information content (AvgIpc) is 3.35. The van der Waals surface area contributed by atoms with Crippen LogP contribution in [0.4, 0.5) is 10.5 Å². The number of anilines is 1. The van der Waals surface area contributed by atoms with Gasteiger partial charge in [0.05, 0.1) is 0 Å². The van der Waals surface area contributed by atoms with Gasteiger partial charge < -0.3 is 25.6 Å². The van der Waals surface area contributed by atoms with Crippen LogP contribution in [-0.2, 0) is 4.79 Å². The smallest absolute Gasteiger partial charge is 0.320 e. The average molecular weight is 467 g/mol. The molecule has 0 saturated carbocycles. The first-order chi connectivity index (χ1) is 16.5. The molecular weight excluding hydrogens is 428 g/mol.